The number of halogens is 3. The molecule has 2 rings (SSSR count). The van der Waals surface area contributed by atoms with E-state index in [9.17, 15) is 22.8 Å². The predicted molar refractivity (Wildman–Crippen MR) is 78.6 cm³/mol. The van der Waals surface area contributed by atoms with Crippen LogP contribution in [0, 0.1) is 5.92 Å². The van der Waals surface area contributed by atoms with Crippen molar-refractivity contribution in [3.05, 3.63) is 11.6 Å². The van der Waals surface area contributed by atoms with Gasteiger partial charge in [0.2, 0.25) is 11.8 Å². The zero-order chi connectivity index (χ0) is 16.2. The summed E-state index contributed by atoms with van der Waals surface area (Å²) >= 11 is 0.930. The van der Waals surface area contributed by atoms with Crippen molar-refractivity contribution in [3.63, 3.8) is 0 Å². The van der Waals surface area contributed by atoms with Gasteiger partial charge in [0, 0.05) is 24.7 Å². The minimum atomic E-state index is -4.42. The van der Waals surface area contributed by atoms with E-state index in [-0.39, 0.29) is 24.2 Å². The van der Waals surface area contributed by atoms with Crippen LogP contribution in [0.5, 0.6) is 0 Å². The van der Waals surface area contributed by atoms with E-state index < -0.39 is 23.1 Å². The fraction of sp³-hybridized carbons (Fsp3) is 0.583. The quantitative estimate of drug-likeness (QED) is 0.904. The maximum atomic E-state index is 12.1. The lowest BCUT2D eigenvalue weighted by molar-refractivity contribution is -0.132. The van der Waals surface area contributed by atoms with Gasteiger partial charge in [0.05, 0.1) is 11.7 Å². The third-order valence-electron chi connectivity index (χ3n) is 3.17. The Hall–Kier alpha value is -1.29. The predicted octanol–water partition coefficient (Wildman–Crippen LogP) is 2.57. The number of aromatic nitrogens is 1. The third-order valence-corrected chi connectivity index (χ3v) is 4.57. The molecule has 0 aromatic carbocycles. The molecule has 0 spiro atoms. The van der Waals surface area contributed by atoms with E-state index in [1.807, 2.05) is 0 Å². The number of anilines is 1. The molecule has 5 nitrogen and oxygen atoms in total. The minimum absolute atomic E-state index is 0.147. The number of likely N-dealkylation sites (tertiary alicyclic amines) is 1. The van der Waals surface area contributed by atoms with E-state index in [0.717, 1.165) is 0 Å². The summed E-state index contributed by atoms with van der Waals surface area (Å²) in [5, 5.41) is 4.85. The van der Waals surface area contributed by atoms with Gasteiger partial charge in [-0.1, -0.05) is 0 Å². The van der Waals surface area contributed by atoms with Gasteiger partial charge >= 0.3 is 5.51 Å². The molecule has 1 aromatic rings. The topological polar surface area (TPSA) is 62.3 Å². The van der Waals surface area contributed by atoms with Crippen LogP contribution in [0.4, 0.5) is 18.3 Å². The molecule has 1 aliphatic heterocycles. The number of nitrogens with zero attached hydrogens (tertiary/aromatic N) is 2. The molecule has 10 heteroatoms. The Bertz CT molecular complexity index is 522. The van der Waals surface area contributed by atoms with Crippen molar-refractivity contribution in [3.8, 4) is 0 Å². The molecule has 1 fully saturated rings. The molecule has 1 aromatic heterocycles. The molecule has 22 heavy (non-hydrogen) atoms. The lowest BCUT2D eigenvalue weighted by Crippen LogP contribution is -2.44. The third kappa shape index (κ3) is 5.16. The number of piperidine rings is 1. The van der Waals surface area contributed by atoms with E-state index in [2.05, 4.69) is 10.3 Å². The van der Waals surface area contributed by atoms with Crippen LogP contribution in [0.2, 0.25) is 0 Å². The second-order valence-electron chi connectivity index (χ2n) is 4.74. The van der Waals surface area contributed by atoms with Gasteiger partial charge in [-0.15, -0.1) is 11.3 Å². The van der Waals surface area contributed by atoms with E-state index in [4.69, 9.17) is 0 Å². The Kier molecular flexibility index (Phi) is 5.68. The maximum absolute atomic E-state index is 12.1. The molecule has 2 amide bonds. The number of hydrogen-bond acceptors (Lipinski definition) is 5. The molecule has 2 heterocycles. The Morgan fingerprint density at radius 1 is 1.50 bits per heavy atom. The smallest absolute Gasteiger partial charge is 0.341 e. The summed E-state index contributed by atoms with van der Waals surface area (Å²) in [6.45, 7) is 0.534. The average molecular weight is 353 g/mol. The lowest BCUT2D eigenvalue weighted by atomic mass is 9.97. The van der Waals surface area contributed by atoms with E-state index in [1.165, 1.54) is 16.2 Å². The first-order valence-corrected chi connectivity index (χ1v) is 8.40. The number of nitrogens with one attached hydrogen (secondary N) is 1. The monoisotopic (exact) mass is 353 g/mol. The molecule has 0 bridgehead atoms. The normalized spacial score (nSPS) is 19.0. The number of carbonyl (C=O) groups excluding carboxylic acids is 2. The summed E-state index contributed by atoms with van der Waals surface area (Å²) < 4.78 is 36.4. The van der Waals surface area contributed by atoms with Crippen LogP contribution in [-0.4, -0.2) is 46.0 Å². The van der Waals surface area contributed by atoms with Crippen molar-refractivity contribution in [2.75, 3.05) is 24.2 Å². The van der Waals surface area contributed by atoms with Gasteiger partial charge in [-0.05, 0) is 24.6 Å². The van der Waals surface area contributed by atoms with Crippen molar-refractivity contribution in [1.82, 2.24) is 9.88 Å². The number of thiazole rings is 1. The Balaban J connectivity index is 1.85. The molecule has 0 radical (unpaired) electrons. The Labute approximate surface area is 133 Å². The summed E-state index contributed by atoms with van der Waals surface area (Å²) in [6.07, 6.45) is 2.76. The van der Waals surface area contributed by atoms with Crippen LogP contribution >= 0.6 is 23.1 Å². The van der Waals surface area contributed by atoms with Crippen molar-refractivity contribution in [2.24, 2.45) is 5.92 Å². The van der Waals surface area contributed by atoms with Crippen molar-refractivity contribution in [2.45, 2.75) is 18.3 Å². The molecule has 122 valence electrons. The molecule has 0 aliphatic carbocycles. The van der Waals surface area contributed by atoms with Gasteiger partial charge in [-0.2, -0.15) is 13.2 Å². The number of thioether (sulfide) groups is 1. The zero-order valence-electron chi connectivity index (χ0n) is 11.4. The van der Waals surface area contributed by atoms with Gasteiger partial charge in [0.25, 0.3) is 0 Å². The summed E-state index contributed by atoms with van der Waals surface area (Å²) in [5.74, 6) is -1.91. The first-order valence-electron chi connectivity index (χ1n) is 6.54. The standard InChI is InChI=1S/C12H14F3N3O2S2/c13-12(14,15)22-7-9(19)18-4-1-2-8(6-18)10(20)17-11-16-3-5-21-11/h3,5,8H,1-2,4,6-7H2,(H,16,17,20). The molecule has 1 saturated heterocycles. The molecule has 1 aliphatic rings. The number of amides is 2. The second kappa shape index (κ2) is 7.32. The van der Waals surface area contributed by atoms with E-state index in [0.29, 0.717) is 24.5 Å². The molecule has 1 N–H and O–H groups in total. The molecule has 1 atom stereocenters. The highest BCUT2D eigenvalue weighted by molar-refractivity contribution is 8.00. The summed E-state index contributed by atoms with van der Waals surface area (Å²) in [6, 6.07) is 0. The summed E-state index contributed by atoms with van der Waals surface area (Å²) in [5.41, 5.74) is -4.42. The van der Waals surface area contributed by atoms with Gasteiger partial charge in [-0.3, -0.25) is 9.59 Å². The van der Waals surface area contributed by atoms with Gasteiger partial charge in [0.1, 0.15) is 0 Å². The number of hydrogen-bond donors (Lipinski definition) is 1. The van der Waals surface area contributed by atoms with Crippen LogP contribution in [0.1, 0.15) is 12.8 Å². The highest BCUT2D eigenvalue weighted by Crippen LogP contribution is 2.30. The Morgan fingerprint density at radius 2 is 2.27 bits per heavy atom. The van der Waals surface area contributed by atoms with Gasteiger partial charge in [-0.25, -0.2) is 4.98 Å². The molecular formula is C12H14F3N3O2S2. The summed E-state index contributed by atoms with van der Waals surface area (Å²) in [4.78, 5) is 29.1. The number of carbonyl (C=O) groups is 2. The van der Waals surface area contributed by atoms with Crippen LogP contribution in [0.25, 0.3) is 0 Å². The largest absolute Gasteiger partial charge is 0.442 e. The van der Waals surface area contributed by atoms with Crippen LogP contribution in [-0.2, 0) is 9.59 Å². The SMILES string of the molecule is O=C(Nc1nccs1)C1CCCN(C(=O)CSC(F)(F)F)C1. The number of alkyl halides is 3. The molecular weight excluding hydrogens is 339 g/mol. The van der Waals surface area contributed by atoms with Gasteiger partial charge in [0.15, 0.2) is 5.13 Å². The van der Waals surface area contributed by atoms with E-state index >= 15 is 0 Å². The van der Waals surface area contributed by atoms with Gasteiger partial charge < -0.3 is 10.2 Å². The summed E-state index contributed by atoms with van der Waals surface area (Å²) in [7, 11) is 0. The van der Waals surface area contributed by atoms with Crippen molar-refractivity contribution in [1.29, 1.82) is 0 Å². The Morgan fingerprint density at radius 3 is 2.91 bits per heavy atom. The second-order valence-corrected chi connectivity index (χ2v) is 6.67. The number of rotatable bonds is 4. The molecule has 0 saturated carbocycles. The highest BCUT2D eigenvalue weighted by atomic mass is 32.2. The first-order chi connectivity index (χ1) is 10.3. The van der Waals surface area contributed by atoms with Crippen molar-refractivity contribution < 1.29 is 22.8 Å². The average Bonchev–Trinajstić information content (AvgIpc) is 2.97. The fourth-order valence-electron chi connectivity index (χ4n) is 2.15. The fourth-order valence-corrected chi connectivity index (χ4v) is 3.15. The zero-order valence-corrected chi connectivity index (χ0v) is 13.1. The first kappa shape index (κ1) is 17.1. The van der Waals surface area contributed by atoms with Crippen LogP contribution in [0.3, 0.4) is 0 Å². The van der Waals surface area contributed by atoms with Crippen LogP contribution in [0.15, 0.2) is 11.6 Å². The van der Waals surface area contributed by atoms with E-state index in [1.54, 1.807) is 11.6 Å². The molecule has 1 unspecified atom stereocenters. The minimum Gasteiger partial charge on any atom is -0.341 e. The highest BCUT2D eigenvalue weighted by Gasteiger charge is 2.33. The van der Waals surface area contributed by atoms with Crippen molar-refractivity contribution >= 4 is 40.0 Å². The maximum Gasteiger partial charge on any atom is 0.442 e. The lowest BCUT2D eigenvalue weighted by Gasteiger charge is -2.31. The van der Waals surface area contributed by atoms with Crippen LogP contribution < -0.4 is 5.32 Å².